The molecule has 2 heterocycles. The lowest BCUT2D eigenvalue weighted by Crippen LogP contribution is -2.31. The summed E-state index contributed by atoms with van der Waals surface area (Å²) in [5.41, 5.74) is 5.72. The van der Waals surface area contributed by atoms with Crippen LogP contribution in [0.25, 0.3) is 0 Å². The lowest BCUT2D eigenvalue weighted by atomic mass is 10.4. The van der Waals surface area contributed by atoms with Crippen molar-refractivity contribution in [3.63, 3.8) is 0 Å². The molecule has 0 aliphatic heterocycles. The van der Waals surface area contributed by atoms with E-state index in [9.17, 15) is 9.59 Å². The Hall–Kier alpha value is -2.36. The molecule has 2 aromatic heterocycles. The van der Waals surface area contributed by atoms with Crippen molar-refractivity contribution in [2.75, 3.05) is 5.73 Å². The number of nitrogen functional groups attached to an aromatic ring is 1. The number of carbonyl (C=O) groups is 1. The van der Waals surface area contributed by atoms with E-state index in [0.717, 1.165) is 0 Å². The van der Waals surface area contributed by atoms with Gasteiger partial charge in [-0.15, -0.1) is 5.10 Å². The standard InChI is InChI=1S/C11H15N7O2S/c1-5-3-8(19)16-11(14-5)21-6(2)9(20)13-4-7-15-10(12)18-17-7/h3,6H,4H2,1-2H3,(H,13,20)(H,14,16,19)(H3,12,15,17,18). The first-order valence-corrected chi connectivity index (χ1v) is 7.01. The average molecular weight is 309 g/mol. The second-order valence-electron chi connectivity index (χ2n) is 4.31. The van der Waals surface area contributed by atoms with Crippen molar-refractivity contribution in [2.24, 2.45) is 0 Å². The molecule has 1 atom stereocenters. The monoisotopic (exact) mass is 309 g/mol. The highest BCUT2D eigenvalue weighted by Crippen LogP contribution is 2.18. The van der Waals surface area contributed by atoms with Crippen LogP contribution in [0.2, 0.25) is 0 Å². The molecule has 2 rings (SSSR count). The van der Waals surface area contributed by atoms with Gasteiger partial charge >= 0.3 is 0 Å². The van der Waals surface area contributed by atoms with Crippen LogP contribution in [0.5, 0.6) is 0 Å². The summed E-state index contributed by atoms with van der Waals surface area (Å²) < 4.78 is 0. The second-order valence-corrected chi connectivity index (χ2v) is 5.64. The van der Waals surface area contributed by atoms with E-state index in [-0.39, 0.29) is 24.0 Å². The fourth-order valence-corrected chi connectivity index (χ4v) is 2.41. The number of rotatable bonds is 5. The summed E-state index contributed by atoms with van der Waals surface area (Å²) in [6.45, 7) is 3.64. The second kappa shape index (κ2) is 6.39. The van der Waals surface area contributed by atoms with Crippen LogP contribution >= 0.6 is 11.8 Å². The van der Waals surface area contributed by atoms with Gasteiger partial charge in [-0.25, -0.2) is 4.98 Å². The maximum Gasteiger partial charge on any atom is 0.251 e. The van der Waals surface area contributed by atoms with E-state index in [1.807, 2.05) is 0 Å². The first-order valence-electron chi connectivity index (χ1n) is 6.13. The van der Waals surface area contributed by atoms with Crippen molar-refractivity contribution < 1.29 is 4.79 Å². The molecule has 112 valence electrons. The molecular formula is C11H15N7O2S. The summed E-state index contributed by atoms with van der Waals surface area (Å²) in [5.74, 6) is 0.391. The number of aromatic amines is 2. The van der Waals surface area contributed by atoms with Gasteiger partial charge in [0.05, 0.1) is 11.8 Å². The zero-order valence-corrected chi connectivity index (χ0v) is 12.3. The molecule has 0 spiro atoms. The Bertz CT molecular complexity index is 696. The number of aromatic nitrogens is 5. The molecule has 0 fully saturated rings. The Kier molecular flexibility index (Phi) is 4.58. The average Bonchev–Trinajstić information content (AvgIpc) is 2.80. The van der Waals surface area contributed by atoms with Gasteiger partial charge in [-0.3, -0.25) is 14.7 Å². The summed E-state index contributed by atoms with van der Waals surface area (Å²) in [5, 5.41) is 8.94. The van der Waals surface area contributed by atoms with Gasteiger partial charge in [-0.05, 0) is 13.8 Å². The number of hydrogen-bond donors (Lipinski definition) is 4. The zero-order valence-electron chi connectivity index (χ0n) is 11.5. The van der Waals surface area contributed by atoms with Crippen molar-refractivity contribution in [3.8, 4) is 0 Å². The van der Waals surface area contributed by atoms with Crippen LogP contribution in [-0.4, -0.2) is 36.3 Å². The predicted octanol–water partition coefficient (Wildman–Crippen LogP) is -0.424. The lowest BCUT2D eigenvalue weighted by Gasteiger charge is -2.10. The molecule has 0 aliphatic carbocycles. The van der Waals surface area contributed by atoms with Crippen molar-refractivity contribution in [1.82, 2.24) is 30.5 Å². The minimum absolute atomic E-state index is 0.128. The quantitative estimate of drug-likeness (QED) is 0.433. The number of aryl methyl sites for hydroxylation is 1. The van der Waals surface area contributed by atoms with E-state index < -0.39 is 5.25 Å². The Balaban J connectivity index is 1.91. The van der Waals surface area contributed by atoms with Crippen molar-refractivity contribution in [3.05, 3.63) is 27.9 Å². The van der Waals surface area contributed by atoms with Gasteiger partial charge in [0, 0.05) is 11.8 Å². The van der Waals surface area contributed by atoms with Crippen LogP contribution < -0.4 is 16.6 Å². The van der Waals surface area contributed by atoms with Gasteiger partial charge in [0.2, 0.25) is 11.9 Å². The molecule has 9 nitrogen and oxygen atoms in total. The van der Waals surface area contributed by atoms with Crippen LogP contribution in [0.4, 0.5) is 5.95 Å². The van der Waals surface area contributed by atoms with E-state index in [2.05, 4.69) is 30.5 Å². The Morgan fingerprint density at radius 1 is 1.52 bits per heavy atom. The smallest absolute Gasteiger partial charge is 0.251 e. The Labute approximate surface area is 124 Å². The number of H-pyrrole nitrogens is 2. The summed E-state index contributed by atoms with van der Waals surface area (Å²) in [6, 6.07) is 1.39. The number of amides is 1. The third-order valence-corrected chi connectivity index (χ3v) is 3.47. The highest BCUT2D eigenvalue weighted by Gasteiger charge is 2.16. The van der Waals surface area contributed by atoms with Gasteiger partial charge in [0.15, 0.2) is 5.16 Å². The number of hydrogen-bond acceptors (Lipinski definition) is 7. The van der Waals surface area contributed by atoms with Gasteiger partial charge in [-0.1, -0.05) is 11.8 Å². The number of nitrogens with one attached hydrogen (secondary N) is 3. The molecule has 1 amide bonds. The van der Waals surface area contributed by atoms with Crippen LogP contribution in [0.3, 0.4) is 0 Å². The molecule has 10 heteroatoms. The largest absolute Gasteiger partial charge is 0.367 e. The van der Waals surface area contributed by atoms with Crippen molar-refractivity contribution >= 4 is 23.6 Å². The molecule has 0 saturated heterocycles. The number of nitrogens with two attached hydrogens (primary N) is 1. The molecule has 1 unspecified atom stereocenters. The topological polar surface area (TPSA) is 142 Å². The maximum absolute atomic E-state index is 12.0. The molecule has 2 aromatic rings. The van der Waals surface area contributed by atoms with Gasteiger partial charge < -0.3 is 16.0 Å². The molecule has 0 saturated carbocycles. The normalized spacial score (nSPS) is 12.1. The predicted molar refractivity (Wildman–Crippen MR) is 77.6 cm³/mol. The molecule has 0 radical (unpaired) electrons. The van der Waals surface area contributed by atoms with E-state index in [1.54, 1.807) is 13.8 Å². The Morgan fingerprint density at radius 3 is 2.90 bits per heavy atom. The molecular weight excluding hydrogens is 294 g/mol. The highest BCUT2D eigenvalue weighted by molar-refractivity contribution is 8.00. The summed E-state index contributed by atoms with van der Waals surface area (Å²) in [7, 11) is 0. The zero-order chi connectivity index (χ0) is 15.4. The first-order chi connectivity index (χ1) is 9.94. The van der Waals surface area contributed by atoms with Crippen molar-refractivity contribution in [2.45, 2.75) is 30.8 Å². The number of carbonyl (C=O) groups excluding carboxylic acids is 1. The van der Waals surface area contributed by atoms with Gasteiger partial charge in [0.1, 0.15) is 5.82 Å². The molecule has 0 aliphatic rings. The lowest BCUT2D eigenvalue weighted by molar-refractivity contribution is -0.120. The molecule has 0 aromatic carbocycles. The van der Waals surface area contributed by atoms with E-state index in [0.29, 0.717) is 16.7 Å². The third kappa shape index (κ3) is 4.31. The molecule has 0 bridgehead atoms. The fraction of sp³-hybridized carbons (Fsp3) is 0.364. The van der Waals surface area contributed by atoms with Gasteiger partial charge in [0.25, 0.3) is 5.56 Å². The van der Waals surface area contributed by atoms with Crippen molar-refractivity contribution in [1.29, 1.82) is 0 Å². The van der Waals surface area contributed by atoms with Crippen LogP contribution in [0.1, 0.15) is 18.4 Å². The number of anilines is 1. The van der Waals surface area contributed by atoms with Crippen LogP contribution in [0, 0.1) is 6.92 Å². The summed E-state index contributed by atoms with van der Waals surface area (Å²) >= 11 is 1.17. The van der Waals surface area contributed by atoms with E-state index >= 15 is 0 Å². The molecule has 5 N–H and O–H groups in total. The maximum atomic E-state index is 12.0. The fourth-order valence-electron chi connectivity index (χ4n) is 1.53. The SMILES string of the molecule is Cc1cc(=O)[nH]c(SC(C)C(=O)NCc2nc(N)n[nH]2)n1. The first kappa shape index (κ1) is 15.0. The van der Waals surface area contributed by atoms with Crippen LogP contribution in [-0.2, 0) is 11.3 Å². The van der Waals surface area contributed by atoms with Gasteiger partial charge in [-0.2, -0.15) is 4.98 Å². The van der Waals surface area contributed by atoms with E-state index in [4.69, 9.17) is 5.73 Å². The number of thioether (sulfide) groups is 1. The van der Waals surface area contributed by atoms with E-state index in [1.165, 1.54) is 17.8 Å². The molecule has 21 heavy (non-hydrogen) atoms. The minimum Gasteiger partial charge on any atom is -0.367 e. The summed E-state index contributed by atoms with van der Waals surface area (Å²) in [6.07, 6.45) is 0. The van der Waals surface area contributed by atoms with Crippen LogP contribution in [0.15, 0.2) is 16.0 Å². The third-order valence-electron chi connectivity index (χ3n) is 2.48. The number of nitrogens with zero attached hydrogens (tertiary/aromatic N) is 3. The Morgan fingerprint density at radius 2 is 2.29 bits per heavy atom. The summed E-state index contributed by atoms with van der Waals surface area (Å²) in [4.78, 5) is 33.9. The minimum atomic E-state index is -0.421. The highest BCUT2D eigenvalue weighted by atomic mass is 32.2.